The number of hydrogen-bond donors (Lipinski definition) is 1. The topological polar surface area (TPSA) is 77.1 Å². The molecule has 0 aromatic heterocycles. The number of piperidine rings is 1. The zero-order valence-electron chi connectivity index (χ0n) is 15.8. The van der Waals surface area contributed by atoms with Gasteiger partial charge in [-0.3, -0.25) is 4.72 Å². The third-order valence-corrected chi connectivity index (χ3v) is 6.40. The van der Waals surface area contributed by atoms with Gasteiger partial charge in [0.2, 0.25) is 0 Å². The van der Waals surface area contributed by atoms with Crippen molar-refractivity contribution in [2.75, 3.05) is 43.0 Å². The minimum Gasteiger partial charge on any atom is -0.486 e. The molecule has 0 aliphatic carbocycles. The minimum atomic E-state index is -3.72. The Hall–Kier alpha value is -2.45. The summed E-state index contributed by atoms with van der Waals surface area (Å²) in [6.45, 7) is 2.69. The van der Waals surface area contributed by atoms with Crippen LogP contribution in [0.5, 0.6) is 11.5 Å². The number of ether oxygens (including phenoxy) is 3. The first-order valence-corrected chi connectivity index (χ1v) is 10.8. The Morgan fingerprint density at radius 1 is 1.07 bits per heavy atom. The second-order valence-electron chi connectivity index (χ2n) is 6.90. The molecule has 0 bridgehead atoms. The van der Waals surface area contributed by atoms with E-state index >= 15 is 0 Å². The summed E-state index contributed by atoms with van der Waals surface area (Å²) in [5, 5.41) is 0. The summed E-state index contributed by atoms with van der Waals surface area (Å²) in [5.41, 5.74) is 1.57. The number of anilines is 2. The van der Waals surface area contributed by atoms with Crippen LogP contribution in [0, 0.1) is 0 Å². The van der Waals surface area contributed by atoms with Crippen molar-refractivity contribution in [1.82, 2.24) is 0 Å². The second-order valence-corrected chi connectivity index (χ2v) is 8.59. The monoisotopic (exact) mass is 404 g/mol. The van der Waals surface area contributed by atoms with E-state index in [-0.39, 0.29) is 11.0 Å². The van der Waals surface area contributed by atoms with Gasteiger partial charge in [-0.15, -0.1) is 0 Å². The molecule has 4 rings (SSSR count). The van der Waals surface area contributed by atoms with E-state index < -0.39 is 10.0 Å². The molecule has 28 heavy (non-hydrogen) atoms. The first-order valence-electron chi connectivity index (χ1n) is 9.35. The lowest BCUT2D eigenvalue weighted by Gasteiger charge is -2.33. The second kappa shape index (κ2) is 7.89. The number of nitrogens with zero attached hydrogens (tertiary/aromatic N) is 1. The molecule has 2 aliphatic rings. The van der Waals surface area contributed by atoms with Gasteiger partial charge in [-0.2, -0.15) is 0 Å². The molecule has 0 amide bonds. The predicted molar refractivity (Wildman–Crippen MR) is 107 cm³/mol. The van der Waals surface area contributed by atoms with Crippen LogP contribution in [0.4, 0.5) is 11.4 Å². The van der Waals surface area contributed by atoms with E-state index in [1.54, 1.807) is 25.3 Å². The minimum absolute atomic E-state index is 0.139. The highest BCUT2D eigenvalue weighted by Gasteiger charge is 2.21. The summed E-state index contributed by atoms with van der Waals surface area (Å²) in [5.74, 6) is 1.01. The highest BCUT2D eigenvalue weighted by Crippen LogP contribution is 2.33. The lowest BCUT2D eigenvalue weighted by atomic mass is 10.1. The van der Waals surface area contributed by atoms with Crippen LogP contribution in [0.2, 0.25) is 0 Å². The van der Waals surface area contributed by atoms with Gasteiger partial charge in [0.05, 0.1) is 11.0 Å². The van der Waals surface area contributed by atoms with E-state index in [0.29, 0.717) is 30.4 Å². The molecule has 1 N–H and O–H groups in total. The molecule has 7 nitrogen and oxygen atoms in total. The van der Waals surface area contributed by atoms with Gasteiger partial charge >= 0.3 is 0 Å². The average Bonchev–Trinajstić information content (AvgIpc) is 2.73. The van der Waals surface area contributed by atoms with E-state index in [9.17, 15) is 8.42 Å². The average molecular weight is 404 g/mol. The molecule has 2 aromatic carbocycles. The molecule has 2 aliphatic heterocycles. The number of sulfonamides is 1. The zero-order valence-corrected chi connectivity index (χ0v) is 16.6. The Bertz CT molecular complexity index is 930. The van der Waals surface area contributed by atoms with Gasteiger partial charge in [0, 0.05) is 37.6 Å². The van der Waals surface area contributed by atoms with Crippen LogP contribution in [0.1, 0.15) is 12.8 Å². The van der Waals surface area contributed by atoms with Gasteiger partial charge in [-0.25, -0.2) is 8.42 Å². The fourth-order valence-corrected chi connectivity index (χ4v) is 4.58. The maximum absolute atomic E-state index is 12.7. The molecule has 2 aromatic rings. The van der Waals surface area contributed by atoms with Crippen molar-refractivity contribution in [2.24, 2.45) is 0 Å². The molecule has 0 saturated carbocycles. The van der Waals surface area contributed by atoms with Crippen molar-refractivity contribution in [1.29, 1.82) is 0 Å². The van der Waals surface area contributed by atoms with E-state index in [1.165, 1.54) is 12.1 Å². The highest BCUT2D eigenvalue weighted by molar-refractivity contribution is 7.92. The largest absolute Gasteiger partial charge is 0.486 e. The summed E-state index contributed by atoms with van der Waals surface area (Å²) in [4.78, 5) is 2.40. The summed E-state index contributed by atoms with van der Waals surface area (Å²) in [6, 6.07) is 12.0. The summed E-state index contributed by atoms with van der Waals surface area (Å²) >= 11 is 0. The molecule has 2 heterocycles. The van der Waals surface area contributed by atoms with Crippen LogP contribution in [0.3, 0.4) is 0 Å². The van der Waals surface area contributed by atoms with Crippen molar-refractivity contribution in [3.05, 3.63) is 42.5 Å². The quantitative estimate of drug-likeness (QED) is 0.826. The van der Waals surface area contributed by atoms with Crippen molar-refractivity contribution >= 4 is 21.4 Å². The smallest absolute Gasteiger partial charge is 0.262 e. The Morgan fingerprint density at radius 2 is 1.82 bits per heavy atom. The number of rotatable bonds is 5. The number of fused-ring (bicyclic) bond motifs is 1. The molecule has 0 radical (unpaired) electrons. The van der Waals surface area contributed by atoms with E-state index in [1.807, 2.05) is 12.1 Å². The summed E-state index contributed by atoms with van der Waals surface area (Å²) < 4.78 is 44.5. The van der Waals surface area contributed by atoms with Gasteiger partial charge in [0.1, 0.15) is 13.2 Å². The van der Waals surface area contributed by atoms with Gasteiger partial charge in [-0.1, -0.05) is 0 Å². The molecular formula is C20H24N2O5S. The van der Waals surface area contributed by atoms with Crippen molar-refractivity contribution in [3.8, 4) is 11.5 Å². The lowest BCUT2D eigenvalue weighted by Crippen LogP contribution is -2.39. The fourth-order valence-electron chi connectivity index (χ4n) is 3.51. The van der Waals surface area contributed by atoms with Crippen LogP contribution in [-0.2, 0) is 14.8 Å². The molecule has 8 heteroatoms. The number of hydrogen-bond acceptors (Lipinski definition) is 6. The predicted octanol–water partition coefficient (Wildman–Crippen LogP) is 2.87. The van der Waals surface area contributed by atoms with Gasteiger partial charge in [0.15, 0.2) is 11.5 Å². The molecule has 1 atom stereocenters. The molecular weight excluding hydrogens is 380 g/mol. The summed E-state index contributed by atoms with van der Waals surface area (Å²) in [6.07, 6.45) is 2.39. The first kappa shape index (κ1) is 18.9. The van der Waals surface area contributed by atoms with Crippen LogP contribution in [-0.4, -0.2) is 47.9 Å². The molecule has 1 unspecified atom stereocenters. The fraction of sp³-hybridized carbons (Fsp3) is 0.400. The number of benzene rings is 2. The van der Waals surface area contributed by atoms with E-state index in [4.69, 9.17) is 14.2 Å². The van der Waals surface area contributed by atoms with Gasteiger partial charge in [-0.05, 0) is 49.2 Å². The number of methoxy groups -OCH3 is 1. The first-order chi connectivity index (χ1) is 13.5. The Kier molecular flexibility index (Phi) is 5.32. The SMILES string of the molecule is COC1CCCN(c2ccc(NS(=O)(=O)c3ccc4c(c3)OCCO4)cc2)C1. The van der Waals surface area contributed by atoms with E-state index in [0.717, 1.165) is 31.6 Å². The van der Waals surface area contributed by atoms with E-state index in [2.05, 4.69) is 9.62 Å². The standard InChI is InChI=1S/C20H24N2O5S/c1-25-17-3-2-10-22(14-17)16-6-4-15(5-7-16)21-28(23,24)18-8-9-19-20(13-18)27-12-11-26-19/h4-9,13,17,21H,2-3,10-12,14H2,1H3. The Labute approximate surface area is 165 Å². The third-order valence-electron chi connectivity index (χ3n) is 5.02. The molecule has 0 spiro atoms. The van der Waals surface area contributed by atoms with Gasteiger partial charge < -0.3 is 19.1 Å². The van der Waals surface area contributed by atoms with Crippen LogP contribution < -0.4 is 19.1 Å². The third kappa shape index (κ3) is 4.02. The highest BCUT2D eigenvalue weighted by atomic mass is 32.2. The Morgan fingerprint density at radius 3 is 2.57 bits per heavy atom. The summed E-state index contributed by atoms with van der Waals surface area (Å²) in [7, 11) is -1.98. The van der Waals surface area contributed by atoms with Crippen LogP contribution in [0.15, 0.2) is 47.4 Å². The maximum Gasteiger partial charge on any atom is 0.262 e. The molecule has 1 fully saturated rings. The number of nitrogens with one attached hydrogen (secondary N) is 1. The van der Waals surface area contributed by atoms with Crippen molar-refractivity contribution in [3.63, 3.8) is 0 Å². The molecule has 150 valence electrons. The normalized spacial score (nSPS) is 19.3. The molecule has 1 saturated heterocycles. The maximum atomic E-state index is 12.7. The van der Waals surface area contributed by atoms with Crippen LogP contribution >= 0.6 is 0 Å². The lowest BCUT2D eigenvalue weighted by molar-refractivity contribution is 0.0893. The van der Waals surface area contributed by atoms with Gasteiger partial charge in [0.25, 0.3) is 10.0 Å². The van der Waals surface area contributed by atoms with Crippen molar-refractivity contribution < 1.29 is 22.6 Å². The van der Waals surface area contributed by atoms with Crippen molar-refractivity contribution in [2.45, 2.75) is 23.8 Å². The Balaban J connectivity index is 1.47. The van der Waals surface area contributed by atoms with Crippen LogP contribution in [0.25, 0.3) is 0 Å². The zero-order chi connectivity index (χ0) is 19.6.